The highest BCUT2D eigenvalue weighted by Crippen LogP contribution is 2.33. The fourth-order valence-corrected chi connectivity index (χ4v) is 3.72. The van der Waals surface area contributed by atoms with Gasteiger partial charge >= 0.3 is 0 Å². The molecule has 1 aliphatic rings. The molecule has 3 aromatic rings. The van der Waals surface area contributed by atoms with Crippen LogP contribution in [-0.2, 0) is 11.2 Å². The van der Waals surface area contributed by atoms with Gasteiger partial charge in [-0.25, -0.2) is 0 Å². The molecular formula is C25H25NO2. The van der Waals surface area contributed by atoms with Crippen LogP contribution in [0.5, 0.6) is 11.5 Å². The Morgan fingerprint density at radius 1 is 0.893 bits per heavy atom. The first-order chi connectivity index (χ1) is 13.5. The molecule has 0 saturated carbocycles. The van der Waals surface area contributed by atoms with Gasteiger partial charge < -0.3 is 10.1 Å². The maximum atomic E-state index is 12.6. The zero-order valence-corrected chi connectivity index (χ0v) is 16.6. The van der Waals surface area contributed by atoms with E-state index in [0.717, 1.165) is 33.9 Å². The van der Waals surface area contributed by atoms with Crippen molar-refractivity contribution < 1.29 is 9.53 Å². The number of aryl methyl sites for hydroxylation is 3. The van der Waals surface area contributed by atoms with Crippen LogP contribution in [0.2, 0.25) is 0 Å². The Labute approximate surface area is 166 Å². The summed E-state index contributed by atoms with van der Waals surface area (Å²) in [6.07, 6.45) is 0.958. The molecule has 1 heterocycles. The van der Waals surface area contributed by atoms with Crippen LogP contribution in [0.3, 0.4) is 0 Å². The molecule has 28 heavy (non-hydrogen) atoms. The number of nitrogens with one attached hydrogen (secondary N) is 1. The van der Waals surface area contributed by atoms with E-state index >= 15 is 0 Å². The third-order valence-electron chi connectivity index (χ3n) is 5.35. The van der Waals surface area contributed by atoms with Crippen molar-refractivity contribution in [2.45, 2.75) is 39.7 Å². The molecule has 1 N–H and O–H groups in total. The lowest BCUT2D eigenvalue weighted by Crippen LogP contribution is -2.13. The summed E-state index contributed by atoms with van der Waals surface area (Å²) in [6, 6.07) is 20.3. The summed E-state index contributed by atoms with van der Waals surface area (Å²) in [5, 5.41) is 3.60. The molecule has 3 nitrogen and oxygen atoms in total. The van der Waals surface area contributed by atoms with Gasteiger partial charge in [0.15, 0.2) is 0 Å². The second-order valence-corrected chi connectivity index (χ2v) is 7.70. The predicted molar refractivity (Wildman–Crippen MR) is 113 cm³/mol. The molecule has 142 valence electrons. The lowest BCUT2D eigenvalue weighted by Gasteiger charge is -2.20. The van der Waals surface area contributed by atoms with Crippen LogP contribution in [0.25, 0.3) is 0 Å². The molecule has 0 spiro atoms. The second-order valence-electron chi connectivity index (χ2n) is 7.70. The summed E-state index contributed by atoms with van der Waals surface area (Å²) in [4.78, 5) is 12.6. The van der Waals surface area contributed by atoms with Crippen molar-refractivity contribution in [3.05, 3.63) is 88.5 Å². The van der Waals surface area contributed by atoms with Crippen molar-refractivity contribution in [3.8, 4) is 11.5 Å². The molecule has 0 aromatic heterocycles. The smallest absolute Gasteiger partial charge is 0.139 e. The average molecular weight is 371 g/mol. The summed E-state index contributed by atoms with van der Waals surface area (Å²) in [6.45, 7) is 6.25. The number of fused-ring (bicyclic) bond motifs is 1. The van der Waals surface area contributed by atoms with Crippen molar-refractivity contribution >= 4 is 11.5 Å². The number of hydrogen-bond acceptors (Lipinski definition) is 3. The Balaban J connectivity index is 1.63. The number of Topliss-reactive ketones (excluding diaryl/α,β-unsaturated/α-hetero) is 1. The number of hydrogen-bond donors (Lipinski definition) is 1. The van der Waals surface area contributed by atoms with Crippen molar-refractivity contribution in [1.82, 2.24) is 0 Å². The standard InChI is InChI=1S/C25H25NO2/c1-16-6-4-8-22(10-16)28-23-9-5-7-19(14-23)25-15-21(27)13-20-11-17(2)18(3)12-24(20)26-25/h4-12,14,25-26H,13,15H2,1-3H3. The third kappa shape index (κ3) is 3.94. The van der Waals surface area contributed by atoms with Gasteiger partial charge in [-0.05, 0) is 78.9 Å². The Bertz CT molecular complexity index is 1040. The molecule has 0 amide bonds. The van der Waals surface area contributed by atoms with Crippen LogP contribution in [0, 0.1) is 20.8 Å². The topological polar surface area (TPSA) is 38.3 Å². The zero-order valence-electron chi connectivity index (χ0n) is 16.6. The van der Waals surface area contributed by atoms with Crippen LogP contribution in [0.1, 0.15) is 40.3 Å². The number of anilines is 1. The molecule has 1 unspecified atom stereocenters. The van der Waals surface area contributed by atoms with Gasteiger partial charge in [-0.3, -0.25) is 4.79 Å². The third-order valence-corrected chi connectivity index (χ3v) is 5.35. The van der Waals surface area contributed by atoms with Gasteiger partial charge in [-0.1, -0.05) is 30.3 Å². The maximum Gasteiger partial charge on any atom is 0.139 e. The van der Waals surface area contributed by atoms with Crippen molar-refractivity contribution in [2.75, 3.05) is 5.32 Å². The van der Waals surface area contributed by atoms with E-state index in [-0.39, 0.29) is 11.8 Å². The number of ether oxygens (including phenoxy) is 1. The molecule has 0 fully saturated rings. The van der Waals surface area contributed by atoms with Gasteiger partial charge in [-0.2, -0.15) is 0 Å². The fourth-order valence-electron chi connectivity index (χ4n) is 3.72. The van der Waals surface area contributed by atoms with E-state index in [1.54, 1.807) is 0 Å². The van der Waals surface area contributed by atoms with Gasteiger partial charge in [0.1, 0.15) is 17.3 Å². The van der Waals surface area contributed by atoms with E-state index < -0.39 is 0 Å². The maximum absolute atomic E-state index is 12.6. The normalized spacial score (nSPS) is 16.1. The van der Waals surface area contributed by atoms with Gasteiger partial charge in [0, 0.05) is 18.5 Å². The van der Waals surface area contributed by atoms with Crippen molar-refractivity contribution in [3.63, 3.8) is 0 Å². The molecule has 1 atom stereocenters. The summed E-state index contributed by atoms with van der Waals surface area (Å²) in [5.74, 6) is 1.85. The highest BCUT2D eigenvalue weighted by Gasteiger charge is 2.23. The van der Waals surface area contributed by atoms with Crippen LogP contribution in [0.4, 0.5) is 5.69 Å². The second kappa shape index (κ2) is 7.51. The number of benzene rings is 3. The predicted octanol–water partition coefficient (Wildman–Crippen LogP) is 6.07. The Kier molecular flexibility index (Phi) is 4.91. The van der Waals surface area contributed by atoms with Crippen molar-refractivity contribution in [1.29, 1.82) is 0 Å². The molecule has 0 bridgehead atoms. The van der Waals surface area contributed by atoms with Gasteiger partial charge in [0.05, 0.1) is 6.04 Å². The lowest BCUT2D eigenvalue weighted by molar-refractivity contribution is -0.118. The van der Waals surface area contributed by atoms with Crippen LogP contribution in [-0.4, -0.2) is 5.78 Å². The first-order valence-electron chi connectivity index (χ1n) is 9.71. The molecule has 3 aromatic carbocycles. The SMILES string of the molecule is Cc1cccc(Oc2cccc(C3CC(=O)Cc4cc(C)c(C)cc4N3)c2)c1. The Morgan fingerprint density at radius 2 is 1.61 bits per heavy atom. The van der Waals surface area contributed by atoms with E-state index in [0.29, 0.717) is 12.8 Å². The number of carbonyl (C=O) groups is 1. The molecule has 1 aliphatic heterocycles. The molecule has 0 saturated heterocycles. The highest BCUT2D eigenvalue weighted by atomic mass is 16.5. The minimum atomic E-state index is -0.0584. The quantitative estimate of drug-likeness (QED) is 0.607. The lowest BCUT2D eigenvalue weighted by atomic mass is 9.99. The molecule has 0 radical (unpaired) electrons. The van der Waals surface area contributed by atoms with E-state index in [1.165, 1.54) is 11.1 Å². The number of rotatable bonds is 3. The van der Waals surface area contributed by atoms with Gasteiger partial charge in [0.25, 0.3) is 0 Å². The van der Waals surface area contributed by atoms with E-state index in [1.807, 2.05) is 49.4 Å². The van der Waals surface area contributed by atoms with E-state index in [9.17, 15) is 4.79 Å². The minimum absolute atomic E-state index is 0.0584. The molecule has 3 heteroatoms. The zero-order chi connectivity index (χ0) is 19.7. The largest absolute Gasteiger partial charge is 0.457 e. The number of ketones is 1. The first-order valence-corrected chi connectivity index (χ1v) is 9.71. The fraction of sp³-hybridized carbons (Fsp3) is 0.240. The summed E-state index contributed by atoms with van der Waals surface area (Å²) in [5.41, 5.74) is 6.82. The molecule has 0 aliphatic carbocycles. The highest BCUT2D eigenvalue weighted by molar-refractivity contribution is 5.85. The average Bonchev–Trinajstić information content (AvgIpc) is 2.80. The monoisotopic (exact) mass is 371 g/mol. The van der Waals surface area contributed by atoms with Crippen LogP contribution in [0.15, 0.2) is 60.7 Å². The molecule has 4 rings (SSSR count). The van der Waals surface area contributed by atoms with E-state index in [4.69, 9.17) is 4.74 Å². The summed E-state index contributed by atoms with van der Waals surface area (Å²) in [7, 11) is 0. The Morgan fingerprint density at radius 3 is 2.39 bits per heavy atom. The number of carbonyl (C=O) groups excluding carboxylic acids is 1. The van der Waals surface area contributed by atoms with Gasteiger partial charge in [-0.15, -0.1) is 0 Å². The molecular weight excluding hydrogens is 346 g/mol. The minimum Gasteiger partial charge on any atom is -0.457 e. The van der Waals surface area contributed by atoms with Crippen LogP contribution < -0.4 is 10.1 Å². The Hall–Kier alpha value is -3.07. The first kappa shape index (κ1) is 18.3. The van der Waals surface area contributed by atoms with Crippen LogP contribution >= 0.6 is 0 Å². The van der Waals surface area contributed by atoms with Crippen molar-refractivity contribution in [2.24, 2.45) is 0 Å². The van der Waals surface area contributed by atoms with E-state index in [2.05, 4.69) is 37.4 Å². The summed E-state index contributed by atoms with van der Waals surface area (Å²) >= 11 is 0. The summed E-state index contributed by atoms with van der Waals surface area (Å²) < 4.78 is 6.04. The van der Waals surface area contributed by atoms with Gasteiger partial charge in [0.2, 0.25) is 0 Å².